The number of carbonyl (C=O) groups excluding carboxylic acids is 1. The number of hydrogen-bond donors (Lipinski definition) is 2. The van der Waals surface area contributed by atoms with Crippen LogP contribution in [0.15, 0.2) is 48.7 Å². The van der Waals surface area contributed by atoms with Crippen LogP contribution in [-0.2, 0) is 11.2 Å². The first-order valence-electron chi connectivity index (χ1n) is 7.00. The van der Waals surface area contributed by atoms with Crippen LogP contribution in [0.4, 0.5) is 5.69 Å². The van der Waals surface area contributed by atoms with Crippen molar-refractivity contribution in [3.8, 4) is 5.75 Å². The zero-order valence-electron chi connectivity index (χ0n) is 12.4. The highest BCUT2D eigenvalue weighted by atomic mass is 35.5. The highest BCUT2D eigenvalue weighted by Crippen LogP contribution is 2.26. The number of nitrogens with zero attached hydrogens (tertiary/aromatic N) is 1. The van der Waals surface area contributed by atoms with E-state index in [9.17, 15) is 10.0 Å². The topological polar surface area (TPSA) is 63.5 Å². The fourth-order valence-corrected chi connectivity index (χ4v) is 2.64. The molecule has 6 heteroatoms. The average Bonchev–Trinajstić information content (AvgIpc) is 2.85. The van der Waals surface area contributed by atoms with Gasteiger partial charge in [0.05, 0.1) is 29.8 Å². The van der Waals surface area contributed by atoms with Crippen LogP contribution < -0.4 is 10.1 Å². The number of anilines is 1. The Morgan fingerprint density at radius 2 is 2.09 bits per heavy atom. The number of methoxy groups -OCH3 is 1. The summed E-state index contributed by atoms with van der Waals surface area (Å²) in [7, 11) is 1.57. The summed E-state index contributed by atoms with van der Waals surface area (Å²) < 4.78 is 6.20. The van der Waals surface area contributed by atoms with Crippen LogP contribution in [0.3, 0.4) is 0 Å². The molecule has 2 aromatic carbocycles. The van der Waals surface area contributed by atoms with Gasteiger partial charge in [0.1, 0.15) is 5.75 Å². The van der Waals surface area contributed by atoms with Gasteiger partial charge in [0, 0.05) is 11.6 Å². The van der Waals surface area contributed by atoms with Crippen molar-refractivity contribution in [2.75, 3.05) is 12.4 Å². The lowest BCUT2D eigenvalue weighted by Gasteiger charge is -2.06. The molecule has 0 spiro atoms. The van der Waals surface area contributed by atoms with Crippen molar-refractivity contribution in [3.63, 3.8) is 0 Å². The maximum Gasteiger partial charge on any atom is 0.228 e. The number of carbonyl (C=O) groups is 1. The van der Waals surface area contributed by atoms with Crippen LogP contribution in [0, 0.1) is 0 Å². The molecule has 0 unspecified atom stereocenters. The monoisotopic (exact) mass is 330 g/mol. The normalized spacial score (nSPS) is 10.7. The Hall–Kier alpha value is -2.66. The molecular formula is C17H15ClN2O3. The first-order chi connectivity index (χ1) is 11.1. The van der Waals surface area contributed by atoms with E-state index < -0.39 is 0 Å². The molecule has 0 saturated heterocycles. The highest BCUT2D eigenvalue weighted by molar-refractivity contribution is 6.33. The molecule has 1 aromatic heterocycles. The number of ether oxygens (including phenoxy) is 1. The van der Waals surface area contributed by atoms with E-state index in [0.717, 1.165) is 10.1 Å². The second kappa shape index (κ2) is 6.22. The van der Waals surface area contributed by atoms with Crippen molar-refractivity contribution < 1.29 is 14.7 Å². The van der Waals surface area contributed by atoms with E-state index in [-0.39, 0.29) is 12.3 Å². The highest BCUT2D eigenvalue weighted by Gasteiger charge is 2.13. The van der Waals surface area contributed by atoms with E-state index in [2.05, 4.69) is 5.32 Å². The second-order valence-corrected chi connectivity index (χ2v) is 5.49. The first kappa shape index (κ1) is 15.2. The largest absolute Gasteiger partial charge is 0.497 e. The molecule has 0 fully saturated rings. The van der Waals surface area contributed by atoms with Crippen molar-refractivity contribution in [2.24, 2.45) is 0 Å². The van der Waals surface area contributed by atoms with Gasteiger partial charge in [0.2, 0.25) is 5.91 Å². The molecule has 0 aliphatic carbocycles. The van der Waals surface area contributed by atoms with E-state index in [0.29, 0.717) is 27.5 Å². The van der Waals surface area contributed by atoms with Crippen LogP contribution in [0.25, 0.3) is 10.9 Å². The summed E-state index contributed by atoms with van der Waals surface area (Å²) in [6, 6.07) is 12.3. The lowest BCUT2D eigenvalue weighted by atomic mass is 10.1. The van der Waals surface area contributed by atoms with Crippen LogP contribution >= 0.6 is 11.6 Å². The molecule has 1 amide bonds. The molecular weight excluding hydrogens is 316 g/mol. The van der Waals surface area contributed by atoms with Gasteiger partial charge in [-0.25, -0.2) is 0 Å². The minimum atomic E-state index is -0.214. The molecule has 0 aliphatic rings. The average molecular weight is 331 g/mol. The molecule has 0 aliphatic heterocycles. The molecule has 23 heavy (non-hydrogen) atoms. The number of aromatic nitrogens is 1. The van der Waals surface area contributed by atoms with Gasteiger partial charge in [-0.2, -0.15) is 4.73 Å². The minimum absolute atomic E-state index is 0.114. The third-order valence-corrected chi connectivity index (χ3v) is 3.90. The fraction of sp³-hybridized carbons (Fsp3) is 0.118. The van der Waals surface area contributed by atoms with Gasteiger partial charge in [-0.3, -0.25) is 4.79 Å². The number of amides is 1. The van der Waals surface area contributed by atoms with Crippen molar-refractivity contribution >= 4 is 34.1 Å². The van der Waals surface area contributed by atoms with Crippen molar-refractivity contribution in [3.05, 3.63) is 59.2 Å². The zero-order chi connectivity index (χ0) is 16.4. The fourth-order valence-electron chi connectivity index (χ4n) is 2.46. The summed E-state index contributed by atoms with van der Waals surface area (Å²) >= 11 is 6.03. The summed E-state index contributed by atoms with van der Waals surface area (Å²) in [5.74, 6) is 0.449. The molecule has 0 bridgehead atoms. The Kier molecular flexibility index (Phi) is 4.12. The molecule has 0 radical (unpaired) electrons. The summed E-state index contributed by atoms with van der Waals surface area (Å²) in [5.41, 5.74) is 1.88. The van der Waals surface area contributed by atoms with Gasteiger partial charge in [0.25, 0.3) is 0 Å². The number of rotatable bonds is 4. The Morgan fingerprint density at radius 3 is 2.83 bits per heavy atom. The zero-order valence-corrected chi connectivity index (χ0v) is 13.2. The standard InChI is InChI=1S/C17H15ClN2O3/c1-23-12-6-7-16-13(9-12)11(10-20(16)22)8-17(21)19-15-5-3-2-4-14(15)18/h2-7,9-10,22H,8H2,1H3,(H,19,21). The van der Waals surface area contributed by atoms with Crippen molar-refractivity contribution in [1.29, 1.82) is 0 Å². The molecule has 0 saturated carbocycles. The molecule has 118 valence electrons. The van der Waals surface area contributed by atoms with E-state index in [1.54, 1.807) is 49.6 Å². The summed E-state index contributed by atoms with van der Waals surface area (Å²) in [6.45, 7) is 0. The number of nitrogens with one attached hydrogen (secondary N) is 1. The third kappa shape index (κ3) is 3.10. The maximum absolute atomic E-state index is 12.2. The summed E-state index contributed by atoms with van der Waals surface area (Å²) in [4.78, 5) is 12.2. The van der Waals surface area contributed by atoms with Gasteiger partial charge >= 0.3 is 0 Å². The van der Waals surface area contributed by atoms with E-state index in [1.165, 1.54) is 6.20 Å². The number of halogens is 1. The summed E-state index contributed by atoms with van der Waals surface area (Å²) in [5, 5.41) is 13.9. The number of fused-ring (bicyclic) bond motifs is 1. The second-order valence-electron chi connectivity index (χ2n) is 5.09. The van der Waals surface area contributed by atoms with Gasteiger partial charge in [-0.05, 0) is 35.9 Å². The Bertz CT molecular complexity index is 873. The van der Waals surface area contributed by atoms with Crippen LogP contribution in [0.5, 0.6) is 5.75 Å². The quantitative estimate of drug-likeness (QED) is 0.717. The van der Waals surface area contributed by atoms with Crippen molar-refractivity contribution in [1.82, 2.24) is 4.73 Å². The predicted octanol–water partition coefficient (Wildman–Crippen LogP) is 3.72. The SMILES string of the molecule is COc1ccc2c(c1)c(CC(=O)Nc1ccccc1Cl)cn2O. The van der Waals surface area contributed by atoms with Gasteiger partial charge in [0.15, 0.2) is 0 Å². The lowest BCUT2D eigenvalue weighted by molar-refractivity contribution is -0.115. The Morgan fingerprint density at radius 1 is 1.30 bits per heavy atom. The van der Waals surface area contributed by atoms with E-state index >= 15 is 0 Å². The van der Waals surface area contributed by atoms with Gasteiger partial charge < -0.3 is 15.3 Å². The minimum Gasteiger partial charge on any atom is -0.497 e. The predicted molar refractivity (Wildman–Crippen MR) is 89.5 cm³/mol. The molecule has 3 rings (SSSR count). The van der Waals surface area contributed by atoms with Gasteiger partial charge in [-0.1, -0.05) is 23.7 Å². The lowest BCUT2D eigenvalue weighted by Crippen LogP contribution is -2.14. The van der Waals surface area contributed by atoms with Crippen LogP contribution in [-0.4, -0.2) is 23.0 Å². The van der Waals surface area contributed by atoms with E-state index in [4.69, 9.17) is 16.3 Å². The maximum atomic E-state index is 12.2. The number of hydrogen-bond acceptors (Lipinski definition) is 3. The van der Waals surface area contributed by atoms with Crippen LogP contribution in [0.2, 0.25) is 5.02 Å². The Labute approximate surface area is 138 Å². The molecule has 0 atom stereocenters. The molecule has 5 nitrogen and oxygen atoms in total. The summed E-state index contributed by atoms with van der Waals surface area (Å²) in [6.07, 6.45) is 1.64. The number of benzene rings is 2. The molecule has 2 N–H and O–H groups in total. The van der Waals surface area contributed by atoms with Crippen LogP contribution in [0.1, 0.15) is 5.56 Å². The number of para-hydroxylation sites is 1. The van der Waals surface area contributed by atoms with E-state index in [1.807, 2.05) is 0 Å². The Balaban J connectivity index is 1.86. The molecule has 1 heterocycles. The molecule has 3 aromatic rings. The van der Waals surface area contributed by atoms with Crippen molar-refractivity contribution in [2.45, 2.75) is 6.42 Å². The first-order valence-corrected chi connectivity index (χ1v) is 7.38. The smallest absolute Gasteiger partial charge is 0.228 e. The third-order valence-electron chi connectivity index (χ3n) is 3.57. The van der Waals surface area contributed by atoms with Gasteiger partial charge in [-0.15, -0.1) is 0 Å².